The Morgan fingerprint density at radius 2 is 2.12 bits per heavy atom. The van der Waals surface area contributed by atoms with Gasteiger partial charge in [-0.05, 0) is 44.8 Å². The summed E-state index contributed by atoms with van der Waals surface area (Å²) in [4.78, 5) is 22.6. The first-order chi connectivity index (χ1) is 16.4. The number of allylic oxidation sites excluding steroid dienone is 1. The summed E-state index contributed by atoms with van der Waals surface area (Å²) in [5.41, 5.74) is 5.85. The number of fused-ring (bicyclic) bond motifs is 1. The number of rotatable bonds is 7. The lowest BCUT2D eigenvalue weighted by atomic mass is 9.93. The van der Waals surface area contributed by atoms with E-state index in [-0.39, 0.29) is 5.91 Å². The SMILES string of the molecule is C=C(CC)/C(=N\NC)C1N=C(Nc2nc3c(o2)=CCCC=3)NC(C)=C1C(=O)Nc1nnc(C)s1. The molecule has 0 bridgehead atoms. The second kappa shape index (κ2) is 10.00. The number of hydrogen-bond donors (Lipinski definition) is 4. The fourth-order valence-electron chi connectivity index (χ4n) is 3.60. The predicted octanol–water partition coefficient (Wildman–Crippen LogP) is 1.38. The maximum Gasteiger partial charge on any atom is 0.302 e. The minimum atomic E-state index is -0.722. The molecule has 0 aromatic carbocycles. The third kappa shape index (κ3) is 4.91. The third-order valence-electron chi connectivity index (χ3n) is 5.25. The van der Waals surface area contributed by atoms with Crippen LogP contribution in [0.1, 0.15) is 38.1 Å². The molecule has 0 radical (unpaired) electrons. The Morgan fingerprint density at radius 1 is 1.32 bits per heavy atom. The van der Waals surface area contributed by atoms with Crippen LogP contribution >= 0.6 is 11.3 Å². The highest BCUT2D eigenvalue weighted by atomic mass is 32.1. The van der Waals surface area contributed by atoms with Crippen molar-refractivity contribution in [2.45, 2.75) is 46.1 Å². The lowest BCUT2D eigenvalue weighted by molar-refractivity contribution is -0.113. The average molecular weight is 482 g/mol. The van der Waals surface area contributed by atoms with Gasteiger partial charge in [0.2, 0.25) is 11.1 Å². The van der Waals surface area contributed by atoms with E-state index < -0.39 is 6.04 Å². The molecule has 0 spiro atoms. The Hall–Kier alpha value is -3.80. The first-order valence-electron chi connectivity index (χ1n) is 10.9. The number of aromatic nitrogens is 3. The number of carbonyl (C=O) groups is 1. The van der Waals surface area contributed by atoms with Crippen molar-refractivity contribution in [1.82, 2.24) is 25.9 Å². The Morgan fingerprint density at radius 3 is 2.79 bits per heavy atom. The summed E-state index contributed by atoms with van der Waals surface area (Å²) in [5.74, 6) is 0.0366. The maximum absolute atomic E-state index is 13.3. The molecule has 34 heavy (non-hydrogen) atoms. The number of guanidine groups is 1. The Bertz CT molecular complexity index is 1300. The number of nitrogens with zero attached hydrogens (tertiary/aromatic N) is 5. The van der Waals surface area contributed by atoms with E-state index in [0.29, 0.717) is 40.5 Å². The molecule has 1 atom stereocenters. The van der Waals surface area contributed by atoms with Crippen molar-refractivity contribution in [2.24, 2.45) is 10.1 Å². The zero-order chi connectivity index (χ0) is 24.2. The summed E-state index contributed by atoms with van der Waals surface area (Å²) in [7, 11) is 1.69. The Balaban J connectivity index is 1.69. The molecule has 3 heterocycles. The highest BCUT2D eigenvalue weighted by Gasteiger charge is 2.33. The van der Waals surface area contributed by atoms with E-state index in [4.69, 9.17) is 9.41 Å². The number of hydrogen-bond acceptors (Lipinski definition) is 11. The molecule has 0 saturated carbocycles. The molecule has 2 aromatic rings. The summed E-state index contributed by atoms with van der Waals surface area (Å²) in [5, 5.41) is 23.4. The molecule has 0 fully saturated rings. The fourth-order valence-corrected chi connectivity index (χ4v) is 4.19. The number of nitrogens with one attached hydrogen (secondary N) is 4. The minimum absolute atomic E-state index is 0.316. The van der Waals surface area contributed by atoms with Gasteiger partial charge in [0.25, 0.3) is 5.91 Å². The van der Waals surface area contributed by atoms with Crippen LogP contribution in [0.5, 0.6) is 0 Å². The van der Waals surface area contributed by atoms with Crippen molar-refractivity contribution < 1.29 is 9.21 Å². The molecular formula is C22H27N9O2S. The van der Waals surface area contributed by atoms with Gasteiger partial charge in [0.1, 0.15) is 16.4 Å². The fraction of sp³-hybridized carbons (Fsp3) is 0.364. The molecule has 1 unspecified atom stereocenters. The number of hydrazone groups is 1. The van der Waals surface area contributed by atoms with Crippen LogP contribution in [0.25, 0.3) is 12.2 Å². The van der Waals surface area contributed by atoms with Crippen molar-refractivity contribution in [3.8, 4) is 0 Å². The van der Waals surface area contributed by atoms with Crippen LogP contribution in [0.2, 0.25) is 0 Å². The van der Waals surface area contributed by atoms with E-state index in [1.165, 1.54) is 11.3 Å². The van der Waals surface area contributed by atoms with Gasteiger partial charge in [-0.3, -0.25) is 15.4 Å². The smallest absolute Gasteiger partial charge is 0.302 e. The Labute approximate surface area is 200 Å². The van der Waals surface area contributed by atoms with Crippen LogP contribution in [0.15, 0.2) is 37.9 Å². The lowest BCUT2D eigenvalue weighted by Crippen LogP contribution is -2.43. The first kappa shape index (κ1) is 23.4. The number of aliphatic imine (C=N–C) groups is 1. The number of carbonyl (C=O) groups excluding carboxylic acids is 1. The molecule has 1 aliphatic carbocycles. The highest BCUT2D eigenvalue weighted by Crippen LogP contribution is 2.24. The Kier molecular flexibility index (Phi) is 6.87. The van der Waals surface area contributed by atoms with Gasteiger partial charge in [0.15, 0.2) is 5.42 Å². The quantitative estimate of drug-likeness (QED) is 0.343. The number of amides is 1. The summed E-state index contributed by atoms with van der Waals surface area (Å²) in [6.07, 6.45) is 6.54. The maximum atomic E-state index is 13.3. The van der Waals surface area contributed by atoms with Crippen molar-refractivity contribution in [2.75, 3.05) is 17.7 Å². The molecular weight excluding hydrogens is 454 g/mol. The second-order valence-electron chi connectivity index (χ2n) is 7.68. The highest BCUT2D eigenvalue weighted by molar-refractivity contribution is 7.15. The molecule has 1 amide bonds. The molecule has 0 saturated heterocycles. The molecule has 4 N–H and O–H groups in total. The summed E-state index contributed by atoms with van der Waals surface area (Å²) >= 11 is 1.30. The molecule has 11 nitrogen and oxygen atoms in total. The average Bonchev–Trinajstić information content (AvgIpc) is 3.41. The van der Waals surface area contributed by atoms with Crippen molar-refractivity contribution in [3.05, 3.63) is 39.2 Å². The van der Waals surface area contributed by atoms with Crippen molar-refractivity contribution in [3.63, 3.8) is 0 Å². The molecule has 178 valence electrons. The molecule has 12 heteroatoms. The van der Waals surface area contributed by atoms with Crippen LogP contribution in [-0.4, -0.2) is 45.8 Å². The van der Waals surface area contributed by atoms with Crippen LogP contribution in [0, 0.1) is 6.92 Å². The zero-order valence-corrected chi connectivity index (χ0v) is 20.3. The number of oxazole rings is 1. The summed E-state index contributed by atoms with van der Waals surface area (Å²) in [6.45, 7) is 9.73. The molecule has 2 aliphatic rings. The van der Waals surface area contributed by atoms with Gasteiger partial charge < -0.3 is 15.2 Å². The van der Waals surface area contributed by atoms with E-state index in [0.717, 1.165) is 34.2 Å². The van der Waals surface area contributed by atoms with E-state index in [2.05, 4.69) is 48.2 Å². The third-order valence-corrected chi connectivity index (χ3v) is 6.01. The molecule has 2 aromatic heterocycles. The van der Waals surface area contributed by atoms with Crippen LogP contribution in [0.4, 0.5) is 11.1 Å². The van der Waals surface area contributed by atoms with Gasteiger partial charge in [-0.1, -0.05) is 30.9 Å². The first-order valence-corrected chi connectivity index (χ1v) is 11.7. The van der Waals surface area contributed by atoms with Crippen molar-refractivity contribution >= 4 is 52.2 Å². The largest absolute Gasteiger partial charge is 0.424 e. The van der Waals surface area contributed by atoms with Gasteiger partial charge in [0, 0.05) is 12.7 Å². The van der Waals surface area contributed by atoms with Crippen molar-refractivity contribution in [1.29, 1.82) is 0 Å². The standard InChI is InChI=1S/C22H27N9O2S/c1-6-11(2)17(30-23-5)18-16(19(32)27-22-31-29-13(4)34-22)12(3)24-20(26-18)28-21-25-14-9-7-8-10-15(14)33-21/h9-10,18,23H,2,6-8H2,1,3-5H3,(H,27,31,32)(H2,24,25,26,28)/b30-17+. The normalized spacial score (nSPS) is 17.6. The van der Waals surface area contributed by atoms with Gasteiger partial charge in [-0.2, -0.15) is 10.1 Å². The molecule has 4 rings (SSSR count). The summed E-state index contributed by atoms with van der Waals surface area (Å²) < 4.78 is 5.81. The van der Waals surface area contributed by atoms with Crippen LogP contribution < -0.4 is 32.1 Å². The minimum Gasteiger partial charge on any atom is -0.424 e. The van der Waals surface area contributed by atoms with Gasteiger partial charge in [-0.15, -0.1) is 10.2 Å². The van der Waals surface area contributed by atoms with E-state index in [9.17, 15) is 4.79 Å². The predicted molar refractivity (Wildman–Crippen MR) is 134 cm³/mol. The van der Waals surface area contributed by atoms with Gasteiger partial charge in [-0.25, -0.2) is 4.99 Å². The van der Waals surface area contributed by atoms with E-state index in [1.807, 2.05) is 26.0 Å². The molecule has 1 aliphatic heterocycles. The van der Waals surface area contributed by atoms with Gasteiger partial charge >= 0.3 is 6.01 Å². The topological polar surface area (TPSA) is 142 Å². The zero-order valence-electron chi connectivity index (χ0n) is 19.5. The summed E-state index contributed by atoms with van der Waals surface area (Å²) in [6, 6.07) is -0.406. The van der Waals surface area contributed by atoms with Gasteiger partial charge in [0.05, 0.1) is 11.3 Å². The monoisotopic (exact) mass is 481 g/mol. The van der Waals surface area contributed by atoms with Crippen LogP contribution in [-0.2, 0) is 4.79 Å². The number of aryl methyl sites for hydroxylation is 1. The van der Waals surface area contributed by atoms with E-state index >= 15 is 0 Å². The lowest BCUT2D eigenvalue weighted by Gasteiger charge is -2.27. The number of anilines is 2. The van der Waals surface area contributed by atoms with E-state index in [1.54, 1.807) is 14.0 Å². The second-order valence-corrected chi connectivity index (χ2v) is 8.86. The van der Waals surface area contributed by atoms with Crippen LogP contribution in [0.3, 0.4) is 0 Å².